The van der Waals surface area contributed by atoms with Crippen molar-refractivity contribution in [3.05, 3.63) is 34.0 Å². The van der Waals surface area contributed by atoms with E-state index in [9.17, 15) is 4.79 Å². The first-order valence-corrected chi connectivity index (χ1v) is 6.88. The second-order valence-corrected chi connectivity index (χ2v) is 5.64. The Labute approximate surface area is 101 Å². The van der Waals surface area contributed by atoms with Crippen molar-refractivity contribution >= 4 is 17.1 Å². The first-order valence-electron chi connectivity index (χ1n) is 6.00. The average molecular weight is 234 g/mol. The van der Waals surface area contributed by atoms with E-state index in [1.807, 2.05) is 6.07 Å². The van der Waals surface area contributed by atoms with Crippen LogP contribution in [0.25, 0.3) is 0 Å². The van der Waals surface area contributed by atoms with E-state index in [0.29, 0.717) is 12.2 Å². The lowest BCUT2D eigenvalue weighted by molar-refractivity contribution is -0.115. The maximum Gasteiger partial charge on any atom is 0.158 e. The monoisotopic (exact) mass is 234 g/mol. The fraction of sp³-hybridized carbons (Fsp3) is 0.500. The van der Waals surface area contributed by atoms with Crippen molar-refractivity contribution in [2.75, 3.05) is 0 Å². The van der Waals surface area contributed by atoms with Crippen LogP contribution in [0.2, 0.25) is 0 Å². The van der Waals surface area contributed by atoms with Crippen LogP contribution in [-0.4, -0.2) is 5.78 Å². The minimum atomic E-state index is 0.361. The first kappa shape index (κ1) is 11.6. The van der Waals surface area contributed by atoms with Crippen molar-refractivity contribution in [2.24, 2.45) is 5.92 Å². The fourth-order valence-corrected chi connectivity index (χ4v) is 2.78. The van der Waals surface area contributed by atoms with E-state index in [0.717, 1.165) is 30.8 Å². The summed E-state index contributed by atoms with van der Waals surface area (Å²) < 4.78 is 0. The van der Waals surface area contributed by atoms with Gasteiger partial charge in [0.1, 0.15) is 0 Å². The van der Waals surface area contributed by atoms with Gasteiger partial charge in [-0.25, -0.2) is 0 Å². The van der Waals surface area contributed by atoms with E-state index in [4.69, 9.17) is 0 Å². The van der Waals surface area contributed by atoms with Gasteiger partial charge in [0.05, 0.1) is 0 Å². The third-order valence-corrected chi connectivity index (χ3v) is 4.15. The Bertz CT molecular complexity index is 375. The highest BCUT2D eigenvalue weighted by Gasteiger charge is 2.15. The zero-order valence-corrected chi connectivity index (χ0v) is 10.6. The van der Waals surface area contributed by atoms with Gasteiger partial charge in [0.25, 0.3) is 0 Å². The molecule has 16 heavy (non-hydrogen) atoms. The van der Waals surface area contributed by atoms with Gasteiger partial charge in [-0.3, -0.25) is 4.79 Å². The van der Waals surface area contributed by atoms with Gasteiger partial charge in [0, 0.05) is 11.3 Å². The van der Waals surface area contributed by atoms with Crippen molar-refractivity contribution in [1.29, 1.82) is 0 Å². The zero-order chi connectivity index (χ0) is 11.4. The molecule has 1 aromatic rings. The van der Waals surface area contributed by atoms with E-state index in [-0.39, 0.29) is 0 Å². The summed E-state index contributed by atoms with van der Waals surface area (Å²) in [7, 11) is 0. The van der Waals surface area contributed by atoms with E-state index < -0.39 is 0 Å². The number of hydrogen-bond acceptors (Lipinski definition) is 2. The summed E-state index contributed by atoms with van der Waals surface area (Å²) in [4.78, 5) is 13.3. The Morgan fingerprint density at radius 2 is 2.44 bits per heavy atom. The maximum absolute atomic E-state index is 11.9. The van der Waals surface area contributed by atoms with Gasteiger partial charge >= 0.3 is 0 Å². The topological polar surface area (TPSA) is 17.1 Å². The summed E-state index contributed by atoms with van der Waals surface area (Å²) in [6.07, 6.45) is 7.00. The molecule has 2 rings (SSSR count). The molecule has 1 nitrogen and oxygen atoms in total. The molecule has 0 amide bonds. The highest BCUT2D eigenvalue weighted by Crippen LogP contribution is 2.24. The van der Waals surface area contributed by atoms with Crippen LogP contribution in [-0.2, 0) is 11.2 Å². The molecule has 1 heterocycles. The first-order chi connectivity index (χ1) is 7.75. The molecule has 86 valence electrons. The number of carbonyl (C=O) groups is 1. The second-order valence-electron chi connectivity index (χ2n) is 4.61. The van der Waals surface area contributed by atoms with Crippen LogP contribution in [0.3, 0.4) is 0 Å². The number of thiophene rings is 1. The van der Waals surface area contributed by atoms with Crippen LogP contribution >= 0.6 is 11.3 Å². The van der Waals surface area contributed by atoms with E-state index in [1.165, 1.54) is 11.3 Å². The van der Waals surface area contributed by atoms with E-state index in [2.05, 4.69) is 24.4 Å². The summed E-state index contributed by atoms with van der Waals surface area (Å²) in [6.45, 7) is 2.25. The minimum Gasteiger partial charge on any atom is -0.295 e. The number of aryl methyl sites for hydroxylation is 1. The van der Waals surface area contributed by atoms with Gasteiger partial charge < -0.3 is 0 Å². The summed E-state index contributed by atoms with van der Waals surface area (Å²) >= 11 is 1.74. The van der Waals surface area contributed by atoms with Crippen molar-refractivity contribution in [3.8, 4) is 0 Å². The maximum atomic E-state index is 11.9. The largest absolute Gasteiger partial charge is 0.295 e. The number of ketones is 1. The molecule has 1 unspecified atom stereocenters. The fourth-order valence-electron chi connectivity index (χ4n) is 2.07. The smallest absolute Gasteiger partial charge is 0.158 e. The molecule has 0 saturated heterocycles. The van der Waals surface area contributed by atoms with Crippen LogP contribution in [0, 0.1) is 5.92 Å². The Morgan fingerprint density at radius 3 is 3.06 bits per heavy atom. The normalized spacial score (nSPS) is 20.6. The van der Waals surface area contributed by atoms with Gasteiger partial charge in [-0.2, -0.15) is 0 Å². The second kappa shape index (κ2) is 5.44. The number of carbonyl (C=O) groups excluding carboxylic acids is 1. The van der Waals surface area contributed by atoms with Crippen LogP contribution in [0.15, 0.2) is 29.2 Å². The zero-order valence-electron chi connectivity index (χ0n) is 9.74. The molecule has 0 aliphatic heterocycles. The number of Topliss-reactive ketones (excluding diaryl/α,β-unsaturated/α-hetero) is 1. The van der Waals surface area contributed by atoms with Crippen LogP contribution in [0.5, 0.6) is 0 Å². The number of hydrogen-bond donors (Lipinski definition) is 0. The molecular formula is C14H18OS. The van der Waals surface area contributed by atoms with Crippen molar-refractivity contribution < 1.29 is 4.79 Å². The minimum absolute atomic E-state index is 0.361. The van der Waals surface area contributed by atoms with E-state index >= 15 is 0 Å². The molecular weight excluding hydrogens is 216 g/mol. The van der Waals surface area contributed by atoms with Crippen molar-refractivity contribution in [2.45, 2.75) is 39.0 Å². The van der Waals surface area contributed by atoms with Crippen molar-refractivity contribution in [3.63, 3.8) is 0 Å². The molecule has 0 aromatic carbocycles. The van der Waals surface area contributed by atoms with Gasteiger partial charge in [-0.05, 0) is 48.6 Å². The molecule has 0 spiro atoms. The highest BCUT2D eigenvalue weighted by molar-refractivity contribution is 7.09. The Hall–Kier alpha value is -0.890. The van der Waals surface area contributed by atoms with Gasteiger partial charge in [0.2, 0.25) is 0 Å². The summed E-state index contributed by atoms with van der Waals surface area (Å²) in [5, 5.41) is 2.07. The summed E-state index contributed by atoms with van der Waals surface area (Å²) in [5.74, 6) is 1.12. The molecule has 2 heteroatoms. The molecule has 1 aliphatic rings. The Balaban J connectivity index is 1.84. The standard InChI is InChI=1S/C14H18OS/c1-11-4-6-12(7-5-11)14(15)9-8-13-3-2-10-16-13/h2-3,6,10-11H,4-5,7-9H2,1H3. The quantitative estimate of drug-likeness (QED) is 0.769. The molecule has 0 saturated carbocycles. The Kier molecular flexibility index (Phi) is 3.94. The van der Waals surface area contributed by atoms with E-state index in [1.54, 1.807) is 11.3 Å². The molecule has 1 atom stereocenters. The summed E-state index contributed by atoms with van der Waals surface area (Å²) in [6, 6.07) is 4.15. The Morgan fingerprint density at radius 1 is 1.56 bits per heavy atom. The SMILES string of the molecule is CC1CC=C(C(=O)CCc2cccs2)CC1. The number of rotatable bonds is 4. The molecule has 1 aromatic heterocycles. The molecule has 1 aliphatic carbocycles. The lowest BCUT2D eigenvalue weighted by Gasteiger charge is -2.17. The lowest BCUT2D eigenvalue weighted by Crippen LogP contribution is -2.10. The van der Waals surface area contributed by atoms with Gasteiger partial charge in [-0.15, -0.1) is 11.3 Å². The van der Waals surface area contributed by atoms with Gasteiger partial charge in [-0.1, -0.05) is 19.1 Å². The lowest BCUT2D eigenvalue weighted by atomic mass is 9.88. The number of allylic oxidation sites excluding steroid dienone is 2. The molecule has 0 fully saturated rings. The third-order valence-electron chi connectivity index (χ3n) is 3.21. The van der Waals surface area contributed by atoms with Gasteiger partial charge in [0.15, 0.2) is 5.78 Å². The third kappa shape index (κ3) is 3.05. The van der Waals surface area contributed by atoms with Crippen LogP contribution in [0.4, 0.5) is 0 Å². The summed E-state index contributed by atoms with van der Waals surface area (Å²) in [5.41, 5.74) is 1.08. The van der Waals surface area contributed by atoms with Crippen LogP contribution in [0.1, 0.15) is 37.5 Å². The average Bonchev–Trinajstić information content (AvgIpc) is 2.80. The highest BCUT2D eigenvalue weighted by atomic mass is 32.1. The van der Waals surface area contributed by atoms with Crippen molar-refractivity contribution in [1.82, 2.24) is 0 Å². The van der Waals surface area contributed by atoms with Crippen LogP contribution < -0.4 is 0 Å². The molecule has 0 N–H and O–H groups in total. The predicted octanol–water partition coefficient (Wildman–Crippen LogP) is 4.00. The molecule has 0 radical (unpaired) electrons. The predicted molar refractivity (Wildman–Crippen MR) is 68.7 cm³/mol. The molecule has 0 bridgehead atoms.